The van der Waals surface area contributed by atoms with Crippen molar-refractivity contribution in [3.63, 3.8) is 0 Å². The molecule has 5 N–H and O–H groups in total. The van der Waals surface area contributed by atoms with Gasteiger partial charge in [-0.25, -0.2) is 23.1 Å². The third-order valence-electron chi connectivity index (χ3n) is 4.63. The summed E-state index contributed by atoms with van der Waals surface area (Å²) >= 11 is 0. The minimum Gasteiger partial charge on any atom is -0.368 e. The van der Waals surface area contributed by atoms with E-state index in [0.717, 1.165) is 6.07 Å². The molecule has 0 fully saturated rings. The van der Waals surface area contributed by atoms with Crippen molar-refractivity contribution in [3.05, 3.63) is 53.1 Å². The average molecular weight is 402 g/mol. The smallest absolute Gasteiger partial charge is 0.255 e. The van der Waals surface area contributed by atoms with Crippen LogP contribution in [-0.4, -0.2) is 33.8 Å². The maximum atomic E-state index is 14.2. The van der Waals surface area contributed by atoms with Gasteiger partial charge < -0.3 is 21.4 Å². The van der Waals surface area contributed by atoms with Crippen LogP contribution >= 0.6 is 0 Å². The number of fused-ring (bicyclic) bond motifs is 1. The van der Waals surface area contributed by atoms with E-state index in [0.29, 0.717) is 41.3 Å². The zero-order valence-electron chi connectivity index (χ0n) is 15.1. The molecular formula is C19H17F3N6O. The first-order valence-electron chi connectivity index (χ1n) is 8.88. The Morgan fingerprint density at radius 2 is 2.10 bits per heavy atom. The fourth-order valence-electron chi connectivity index (χ4n) is 3.38. The number of hydrogen-bond acceptors (Lipinski definition) is 5. The molecule has 0 saturated heterocycles. The summed E-state index contributed by atoms with van der Waals surface area (Å²) in [7, 11) is 0. The summed E-state index contributed by atoms with van der Waals surface area (Å²) < 4.78 is 40.2. The third-order valence-corrected chi connectivity index (χ3v) is 4.63. The maximum Gasteiger partial charge on any atom is 0.255 e. The van der Waals surface area contributed by atoms with Crippen LogP contribution in [0.2, 0.25) is 0 Å². The van der Waals surface area contributed by atoms with E-state index in [-0.39, 0.29) is 23.1 Å². The minimum absolute atomic E-state index is 0.0367. The van der Waals surface area contributed by atoms with E-state index in [4.69, 9.17) is 5.73 Å². The number of carbonyl (C=O) groups is 1. The lowest BCUT2D eigenvalue weighted by Crippen LogP contribution is -2.31. The number of benzene rings is 1. The Kier molecular flexibility index (Phi) is 4.83. The number of halogens is 3. The number of H-pyrrole nitrogens is 1. The second-order valence-corrected chi connectivity index (χ2v) is 6.52. The fourth-order valence-corrected chi connectivity index (χ4v) is 3.38. The van der Waals surface area contributed by atoms with Crippen molar-refractivity contribution in [1.82, 2.24) is 20.3 Å². The number of aromatic amines is 1. The molecule has 0 spiro atoms. The number of amides is 1. The van der Waals surface area contributed by atoms with Crippen LogP contribution in [0.3, 0.4) is 0 Å². The van der Waals surface area contributed by atoms with Crippen LogP contribution in [0.15, 0.2) is 30.5 Å². The Labute approximate surface area is 163 Å². The van der Waals surface area contributed by atoms with Crippen molar-refractivity contribution in [1.29, 1.82) is 0 Å². The Balaban J connectivity index is 1.87. The van der Waals surface area contributed by atoms with E-state index in [1.54, 1.807) is 6.07 Å². The lowest BCUT2D eigenvalue weighted by molar-refractivity contribution is 0.0946. The number of hydrogen-bond donors (Lipinski definition) is 4. The molecule has 4 rings (SSSR count). The SMILES string of the molecule is Nc1nccc(-c2[nH]c3c(c2Nc2cccc(F)c2CC(F)F)C(=O)NCC3)n1. The number of carbonyl (C=O) groups excluding carboxylic acids is 1. The Hall–Kier alpha value is -3.56. The highest BCUT2D eigenvalue weighted by Crippen LogP contribution is 2.37. The van der Waals surface area contributed by atoms with E-state index in [1.807, 2.05) is 0 Å². The first-order valence-corrected chi connectivity index (χ1v) is 8.88. The Morgan fingerprint density at radius 3 is 2.86 bits per heavy atom. The zero-order valence-corrected chi connectivity index (χ0v) is 15.1. The molecule has 1 aliphatic rings. The van der Waals surface area contributed by atoms with Gasteiger partial charge in [-0.2, -0.15) is 0 Å². The molecule has 0 unspecified atom stereocenters. The molecule has 1 aromatic carbocycles. The normalized spacial score (nSPS) is 13.3. The topological polar surface area (TPSA) is 109 Å². The standard InChI is InChI=1S/C19H17F3N6O/c20-10-2-1-3-11(9(10)8-14(21)22)26-17-15-12(4-6-24-18(15)29)27-16(17)13-5-7-25-19(23)28-13/h1-3,5,7,14,26-27H,4,6,8H2,(H,24,29)(H2,23,25,28). The molecule has 0 bridgehead atoms. The number of nitrogens with one attached hydrogen (secondary N) is 3. The highest BCUT2D eigenvalue weighted by atomic mass is 19.3. The monoisotopic (exact) mass is 402 g/mol. The van der Waals surface area contributed by atoms with Crippen molar-refractivity contribution >= 4 is 23.2 Å². The number of nitrogens with zero attached hydrogens (tertiary/aromatic N) is 2. The summed E-state index contributed by atoms with van der Waals surface area (Å²) in [5.74, 6) is -1.04. The van der Waals surface area contributed by atoms with Gasteiger partial charge in [0, 0.05) is 42.5 Å². The Bertz CT molecular complexity index is 1080. The molecule has 29 heavy (non-hydrogen) atoms. The lowest BCUT2D eigenvalue weighted by atomic mass is 10.0. The molecule has 150 valence electrons. The van der Waals surface area contributed by atoms with Crippen LogP contribution in [0, 0.1) is 5.82 Å². The first kappa shape index (κ1) is 18.8. The van der Waals surface area contributed by atoms with Crippen molar-refractivity contribution in [2.45, 2.75) is 19.3 Å². The number of nitrogens with two attached hydrogens (primary N) is 1. The van der Waals surface area contributed by atoms with Gasteiger partial charge in [-0.1, -0.05) is 6.07 Å². The van der Waals surface area contributed by atoms with Crippen LogP contribution in [0.5, 0.6) is 0 Å². The Morgan fingerprint density at radius 1 is 1.28 bits per heavy atom. The minimum atomic E-state index is -2.72. The number of nitrogen functional groups attached to an aromatic ring is 1. The van der Waals surface area contributed by atoms with Gasteiger partial charge in [0.05, 0.1) is 22.6 Å². The molecule has 0 saturated carbocycles. The predicted molar refractivity (Wildman–Crippen MR) is 102 cm³/mol. The lowest BCUT2D eigenvalue weighted by Gasteiger charge is -2.17. The molecule has 3 aromatic rings. The van der Waals surface area contributed by atoms with Gasteiger partial charge in [0.1, 0.15) is 5.82 Å². The van der Waals surface area contributed by atoms with Crippen LogP contribution < -0.4 is 16.4 Å². The van der Waals surface area contributed by atoms with Gasteiger partial charge in [-0.15, -0.1) is 0 Å². The number of anilines is 3. The number of alkyl halides is 2. The van der Waals surface area contributed by atoms with Gasteiger partial charge in [-0.05, 0) is 18.2 Å². The second kappa shape index (κ2) is 7.46. The average Bonchev–Trinajstić information content (AvgIpc) is 3.04. The van der Waals surface area contributed by atoms with E-state index >= 15 is 0 Å². The summed E-state index contributed by atoms with van der Waals surface area (Å²) in [6.45, 7) is 0.452. The maximum absolute atomic E-state index is 14.2. The quantitative estimate of drug-likeness (QED) is 0.525. The third kappa shape index (κ3) is 3.60. The molecule has 3 heterocycles. The van der Waals surface area contributed by atoms with E-state index in [9.17, 15) is 18.0 Å². The molecule has 2 aromatic heterocycles. The highest BCUT2D eigenvalue weighted by Gasteiger charge is 2.28. The predicted octanol–water partition coefficient (Wildman–Crippen LogP) is 3.03. The molecule has 0 atom stereocenters. The van der Waals surface area contributed by atoms with Crippen molar-refractivity contribution in [2.75, 3.05) is 17.6 Å². The number of aromatic nitrogens is 3. The van der Waals surface area contributed by atoms with Crippen molar-refractivity contribution in [3.8, 4) is 11.4 Å². The van der Waals surface area contributed by atoms with Gasteiger partial charge >= 0.3 is 0 Å². The first-order chi connectivity index (χ1) is 13.9. The number of rotatable bonds is 5. The van der Waals surface area contributed by atoms with Gasteiger partial charge in [0.25, 0.3) is 5.91 Å². The summed E-state index contributed by atoms with van der Waals surface area (Å²) in [5.41, 5.74) is 7.82. The van der Waals surface area contributed by atoms with Crippen LogP contribution in [-0.2, 0) is 12.8 Å². The second-order valence-electron chi connectivity index (χ2n) is 6.52. The van der Waals surface area contributed by atoms with Gasteiger partial charge in [0.2, 0.25) is 12.4 Å². The molecule has 10 heteroatoms. The molecule has 7 nitrogen and oxygen atoms in total. The molecule has 1 amide bonds. The van der Waals surface area contributed by atoms with Crippen LogP contribution in [0.1, 0.15) is 21.6 Å². The zero-order chi connectivity index (χ0) is 20.5. The summed E-state index contributed by atoms with van der Waals surface area (Å²) in [6, 6.07) is 5.61. The molecule has 1 aliphatic heterocycles. The largest absolute Gasteiger partial charge is 0.368 e. The van der Waals surface area contributed by atoms with Gasteiger partial charge in [-0.3, -0.25) is 4.79 Å². The van der Waals surface area contributed by atoms with Crippen molar-refractivity contribution in [2.24, 2.45) is 0 Å². The van der Waals surface area contributed by atoms with Crippen LogP contribution in [0.25, 0.3) is 11.4 Å². The van der Waals surface area contributed by atoms with E-state index in [1.165, 1.54) is 18.3 Å². The van der Waals surface area contributed by atoms with Crippen molar-refractivity contribution < 1.29 is 18.0 Å². The molecular weight excluding hydrogens is 385 g/mol. The highest BCUT2D eigenvalue weighted by molar-refractivity contribution is 6.06. The summed E-state index contributed by atoms with van der Waals surface area (Å²) in [6.07, 6.45) is -1.48. The molecule has 0 radical (unpaired) electrons. The van der Waals surface area contributed by atoms with E-state index in [2.05, 4.69) is 25.6 Å². The molecule has 0 aliphatic carbocycles. The fraction of sp³-hybridized carbons (Fsp3) is 0.211. The van der Waals surface area contributed by atoms with Crippen LogP contribution in [0.4, 0.5) is 30.5 Å². The van der Waals surface area contributed by atoms with Gasteiger partial charge in [0.15, 0.2) is 0 Å². The van der Waals surface area contributed by atoms with E-state index < -0.39 is 18.7 Å². The summed E-state index contributed by atoms with van der Waals surface area (Å²) in [4.78, 5) is 23.7. The summed E-state index contributed by atoms with van der Waals surface area (Å²) in [5, 5.41) is 5.73.